The molecule has 0 fully saturated rings. The Balaban J connectivity index is 2.59. The van der Waals surface area contributed by atoms with Crippen LogP contribution in [0.5, 0.6) is 0 Å². The van der Waals surface area contributed by atoms with Gasteiger partial charge in [-0.25, -0.2) is 17.9 Å². The summed E-state index contributed by atoms with van der Waals surface area (Å²) in [6, 6.07) is 4.39. The van der Waals surface area contributed by atoms with Gasteiger partial charge in [-0.3, -0.25) is 0 Å². The minimum atomic E-state index is -3.74. The summed E-state index contributed by atoms with van der Waals surface area (Å²) in [5, 5.41) is 8.42. The maximum atomic E-state index is 11.9. The van der Waals surface area contributed by atoms with Crippen molar-refractivity contribution < 1.29 is 23.1 Å². The highest BCUT2D eigenvalue weighted by Crippen LogP contribution is 2.24. The average Bonchev–Trinajstić information content (AvgIpc) is 2.27. The molecule has 0 aliphatic carbocycles. The summed E-state index contributed by atoms with van der Waals surface area (Å²) in [5.41, 5.74) is 0. The minimum absolute atomic E-state index is 0.0397. The third-order valence-corrected chi connectivity index (χ3v) is 4.38. The Morgan fingerprint density at radius 2 is 2.16 bits per heavy atom. The topological polar surface area (TPSA) is 92.7 Å². The Morgan fingerprint density at radius 1 is 1.47 bits per heavy atom. The van der Waals surface area contributed by atoms with E-state index >= 15 is 0 Å². The molecule has 0 amide bonds. The summed E-state index contributed by atoms with van der Waals surface area (Å²) in [4.78, 5) is 10.1. The van der Waals surface area contributed by atoms with Gasteiger partial charge in [0.2, 0.25) is 10.0 Å². The van der Waals surface area contributed by atoms with Gasteiger partial charge in [-0.05, 0) is 18.2 Å². The van der Waals surface area contributed by atoms with E-state index in [0.29, 0.717) is 4.47 Å². The molecule has 1 aromatic rings. The molecule has 0 radical (unpaired) electrons. The molecule has 0 unspecified atom stereocenters. The van der Waals surface area contributed by atoms with Crippen LogP contribution < -0.4 is 4.72 Å². The van der Waals surface area contributed by atoms with Gasteiger partial charge in [-0.15, -0.1) is 0 Å². The van der Waals surface area contributed by atoms with Crippen molar-refractivity contribution in [2.24, 2.45) is 0 Å². The van der Waals surface area contributed by atoms with Gasteiger partial charge in [0, 0.05) is 11.0 Å². The summed E-state index contributed by atoms with van der Waals surface area (Å²) in [5.74, 6) is -1.11. The lowest BCUT2D eigenvalue weighted by Gasteiger charge is -2.08. The van der Waals surface area contributed by atoms with Crippen LogP contribution in [-0.2, 0) is 19.6 Å². The molecule has 1 aromatic carbocycles. The van der Waals surface area contributed by atoms with Gasteiger partial charge in [0.25, 0.3) is 0 Å². The van der Waals surface area contributed by atoms with Crippen molar-refractivity contribution in [3.63, 3.8) is 0 Å². The van der Waals surface area contributed by atoms with Crippen LogP contribution in [0, 0.1) is 0 Å². The summed E-state index contributed by atoms with van der Waals surface area (Å²) < 4.78 is 31.4. The number of carboxylic acids is 1. The van der Waals surface area contributed by atoms with Crippen LogP contribution in [0.1, 0.15) is 0 Å². The fourth-order valence-corrected chi connectivity index (χ4v) is 3.23. The molecule has 0 saturated heterocycles. The van der Waals surface area contributed by atoms with Gasteiger partial charge in [-0.1, -0.05) is 27.5 Å². The van der Waals surface area contributed by atoms with Gasteiger partial charge in [0.05, 0.1) is 11.6 Å². The Morgan fingerprint density at radius 3 is 2.74 bits per heavy atom. The van der Waals surface area contributed by atoms with Crippen molar-refractivity contribution >= 4 is 43.5 Å². The first-order chi connectivity index (χ1) is 8.83. The maximum Gasteiger partial charge on any atom is 0.329 e. The fraction of sp³-hybridized carbons (Fsp3) is 0.300. The lowest BCUT2D eigenvalue weighted by molar-refractivity contribution is -0.142. The van der Waals surface area contributed by atoms with E-state index in [-0.39, 0.29) is 23.1 Å². The fourth-order valence-electron chi connectivity index (χ4n) is 1.18. The van der Waals surface area contributed by atoms with Crippen LogP contribution in [-0.4, -0.2) is 39.3 Å². The number of halogens is 2. The summed E-state index contributed by atoms with van der Waals surface area (Å²) in [7, 11) is -3.74. The molecule has 0 saturated carbocycles. The van der Waals surface area contributed by atoms with E-state index in [1.54, 1.807) is 6.07 Å². The number of nitrogens with one attached hydrogen (secondary N) is 1. The molecule has 2 N–H and O–H groups in total. The van der Waals surface area contributed by atoms with E-state index in [0.717, 1.165) is 0 Å². The quantitative estimate of drug-likeness (QED) is 0.707. The van der Waals surface area contributed by atoms with Crippen molar-refractivity contribution in [3.8, 4) is 0 Å². The van der Waals surface area contributed by atoms with E-state index in [9.17, 15) is 13.2 Å². The predicted octanol–water partition coefficient (Wildman–Crippen LogP) is 1.48. The number of hydrogen-bond acceptors (Lipinski definition) is 4. The molecular formula is C10H11BrClNO5S. The average molecular weight is 373 g/mol. The molecule has 106 valence electrons. The first-order valence-electron chi connectivity index (χ1n) is 5.07. The number of sulfonamides is 1. The lowest BCUT2D eigenvalue weighted by atomic mass is 10.4. The van der Waals surface area contributed by atoms with Crippen molar-refractivity contribution in [1.29, 1.82) is 0 Å². The number of aliphatic carboxylic acids is 1. The van der Waals surface area contributed by atoms with E-state index in [2.05, 4.69) is 20.7 Å². The summed E-state index contributed by atoms with van der Waals surface area (Å²) >= 11 is 9.01. The number of hydrogen-bond donors (Lipinski definition) is 2. The normalized spacial score (nSPS) is 11.5. The first-order valence-corrected chi connectivity index (χ1v) is 7.72. The zero-order chi connectivity index (χ0) is 14.5. The van der Waals surface area contributed by atoms with Gasteiger partial charge < -0.3 is 9.84 Å². The van der Waals surface area contributed by atoms with Gasteiger partial charge in [-0.2, -0.15) is 0 Å². The largest absolute Gasteiger partial charge is 0.480 e. The van der Waals surface area contributed by atoms with E-state index in [4.69, 9.17) is 21.4 Å². The van der Waals surface area contributed by atoms with E-state index in [1.807, 2.05) is 0 Å². The predicted molar refractivity (Wildman–Crippen MR) is 72.8 cm³/mol. The Hall–Kier alpha value is -0.670. The number of benzene rings is 1. The second-order valence-electron chi connectivity index (χ2n) is 3.42. The molecule has 0 heterocycles. The Labute approximate surface area is 123 Å². The second kappa shape index (κ2) is 7.20. The first kappa shape index (κ1) is 16.4. The maximum absolute atomic E-state index is 11.9. The number of ether oxygens (including phenoxy) is 1. The van der Waals surface area contributed by atoms with Crippen LogP contribution in [0.15, 0.2) is 27.6 Å². The molecule has 0 spiro atoms. The smallest absolute Gasteiger partial charge is 0.329 e. The van der Waals surface area contributed by atoms with Gasteiger partial charge in [0.1, 0.15) is 11.5 Å². The third-order valence-electron chi connectivity index (χ3n) is 1.95. The monoisotopic (exact) mass is 371 g/mol. The Bertz CT molecular complexity index is 563. The standard InChI is InChI=1S/C10H11BrClNO5S/c11-7-1-2-9(8(12)5-7)19(16,17)13-3-4-18-6-10(14)15/h1-2,5,13H,3-4,6H2,(H,14,15). The zero-order valence-electron chi connectivity index (χ0n) is 9.60. The molecule has 0 bridgehead atoms. The van der Waals surface area contributed by atoms with Crippen LogP contribution in [0.4, 0.5) is 0 Å². The summed E-state index contributed by atoms with van der Waals surface area (Å²) in [6.07, 6.45) is 0. The lowest BCUT2D eigenvalue weighted by Crippen LogP contribution is -2.28. The van der Waals surface area contributed by atoms with E-state index < -0.39 is 22.6 Å². The number of carbonyl (C=O) groups is 1. The second-order valence-corrected chi connectivity index (χ2v) is 6.48. The summed E-state index contributed by atoms with van der Waals surface area (Å²) in [6.45, 7) is -0.553. The van der Waals surface area contributed by atoms with Crippen molar-refractivity contribution in [3.05, 3.63) is 27.7 Å². The molecule has 19 heavy (non-hydrogen) atoms. The van der Waals surface area contributed by atoms with Crippen molar-refractivity contribution in [1.82, 2.24) is 4.72 Å². The van der Waals surface area contributed by atoms with E-state index in [1.165, 1.54) is 12.1 Å². The molecule has 0 atom stereocenters. The minimum Gasteiger partial charge on any atom is -0.480 e. The highest BCUT2D eigenvalue weighted by Gasteiger charge is 2.17. The van der Waals surface area contributed by atoms with Crippen LogP contribution in [0.3, 0.4) is 0 Å². The SMILES string of the molecule is O=C(O)COCCNS(=O)(=O)c1ccc(Br)cc1Cl. The van der Waals surface area contributed by atoms with Gasteiger partial charge in [0.15, 0.2) is 0 Å². The highest BCUT2D eigenvalue weighted by atomic mass is 79.9. The molecule has 0 aromatic heterocycles. The molecule has 1 rings (SSSR count). The third kappa shape index (κ3) is 5.45. The molecule has 6 nitrogen and oxygen atoms in total. The number of carboxylic acid groups (broad SMARTS) is 1. The Kier molecular flexibility index (Phi) is 6.21. The van der Waals surface area contributed by atoms with Crippen LogP contribution in [0.2, 0.25) is 5.02 Å². The molecule has 9 heteroatoms. The van der Waals surface area contributed by atoms with Crippen LogP contribution >= 0.6 is 27.5 Å². The van der Waals surface area contributed by atoms with Crippen molar-refractivity contribution in [2.45, 2.75) is 4.90 Å². The highest BCUT2D eigenvalue weighted by molar-refractivity contribution is 9.10. The van der Waals surface area contributed by atoms with Gasteiger partial charge >= 0.3 is 5.97 Å². The number of rotatable bonds is 7. The van der Waals surface area contributed by atoms with Crippen molar-refractivity contribution in [2.75, 3.05) is 19.8 Å². The zero-order valence-corrected chi connectivity index (χ0v) is 12.8. The molecular weight excluding hydrogens is 362 g/mol. The molecule has 0 aliphatic rings. The van der Waals surface area contributed by atoms with Crippen LogP contribution in [0.25, 0.3) is 0 Å². The molecule has 0 aliphatic heterocycles.